The van der Waals surface area contributed by atoms with Crippen molar-refractivity contribution in [1.82, 2.24) is 15.5 Å². The number of carbonyl (C=O) groups is 1. The lowest BCUT2D eigenvalue weighted by Crippen LogP contribution is -2.47. The van der Waals surface area contributed by atoms with Gasteiger partial charge < -0.3 is 15.5 Å². The first-order valence-corrected chi connectivity index (χ1v) is 8.48. The fraction of sp³-hybridized carbons (Fsp3) is 0.529. The molecule has 1 heterocycles. The third-order valence-corrected chi connectivity index (χ3v) is 4.44. The number of benzene rings is 1. The van der Waals surface area contributed by atoms with Gasteiger partial charge in [-0.05, 0) is 30.9 Å². The number of aliphatic imine (C=N–C) groups is 1. The first kappa shape index (κ1) is 21.0. The Labute approximate surface area is 166 Å². The normalized spacial score (nSPS) is 15.6. The van der Waals surface area contributed by atoms with Gasteiger partial charge >= 0.3 is 0 Å². The minimum absolute atomic E-state index is 0. The SMILES string of the molecule is CN=C(NCCNC(=O)c1ccccc1Cl)N1CCC(C)CC1.I. The number of piperidine rings is 1. The van der Waals surface area contributed by atoms with Crippen LogP contribution in [0.4, 0.5) is 0 Å². The Balaban J connectivity index is 0.00000288. The number of halogens is 2. The van der Waals surface area contributed by atoms with E-state index in [-0.39, 0.29) is 29.9 Å². The van der Waals surface area contributed by atoms with Crippen LogP contribution in [0.2, 0.25) is 5.02 Å². The summed E-state index contributed by atoms with van der Waals surface area (Å²) in [5.41, 5.74) is 0.503. The second-order valence-corrected chi connectivity index (χ2v) is 6.29. The number of hydrogen-bond donors (Lipinski definition) is 2. The van der Waals surface area contributed by atoms with Crippen molar-refractivity contribution >= 4 is 47.4 Å². The second kappa shape index (κ2) is 10.8. The van der Waals surface area contributed by atoms with E-state index in [0.717, 1.165) is 25.0 Å². The smallest absolute Gasteiger partial charge is 0.252 e. The second-order valence-electron chi connectivity index (χ2n) is 5.88. The third-order valence-electron chi connectivity index (χ3n) is 4.11. The standard InChI is InChI=1S/C17H25ClN4O.HI/c1-13-7-11-22(12-8-13)17(19-2)21-10-9-20-16(23)14-5-3-4-6-15(14)18;/h3-6,13H,7-12H2,1-2H3,(H,19,21)(H,20,23);1H. The Morgan fingerprint density at radius 3 is 2.50 bits per heavy atom. The van der Waals surface area contributed by atoms with Crippen molar-refractivity contribution in [1.29, 1.82) is 0 Å². The number of amides is 1. The highest BCUT2D eigenvalue weighted by Gasteiger charge is 2.18. The van der Waals surface area contributed by atoms with E-state index < -0.39 is 0 Å². The number of nitrogens with zero attached hydrogens (tertiary/aromatic N) is 2. The first-order chi connectivity index (χ1) is 11.1. The number of hydrogen-bond acceptors (Lipinski definition) is 2. The van der Waals surface area contributed by atoms with E-state index in [1.165, 1.54) is 12.8 Å². The molecule has 2 rings (SSSR count). The van der Waals surface area contributed by atoms with Crippen molar-refractivity contribution in [3.63, 3.8) is 0 Å². The zero-order valence-corrected chi connectivity index (χ0v) is 17.3. The van der Waals surface area contributed by atoms with Gasteiger partial charge in [0.25, 0.3) is 5.91 Å². The Morgan fingerprint density at radius 2 is 1.88 bits per heavy atom. The predicted molar refractivity (Wildman–Crippen MR) is 111 cm³/mol. The third kappa shape index (κ3) is 6.12. The molecule has 134 valence electrons. The molecular formula is C17H26ClIN4O. The summed E-state index contributed by atoms with van der Waals surface area (Å²) in [4.78, 5) is 18.7. The van der Waals surface area contributed by atoms with Gasteiger partial charge in [0.2, 0.25) is 0 Å². The lowest BCUT2D eigenvalue weighted by Gasteiger charge is -2.32. The number of rotatable bonds is 4. The van der Waals surface area contributed by atoms with Crippen LogP contribution >= 0.6 is 35.6 Å². The van der Waals surface area contributed by atoms with E-state index in [1.54, 1.807) is 25.2 Å². The Bertz CT molecular complexity index is 559. The molecule has 0 spiro atoms. The molecule has 1 aromatic carbocycles. The van der Waals surface area contributed by atoms with Crippen LogP contribution in [0.25, 0.3) is 0 Å². The molecule has 1 aromatic rings. The van der Waals surface area contributed by atoms with Crippen LogP contribution in [0.1, 0.15) is 30.1 Å². The first-order valence-electron chi connectivity index (χ1n) is 8.10. The highest BCUT2D eigenvalue weighted by Crippen LogP contribution is 2.16. The van der Waals surface area contributed by atoms with Crippen molar-refractivity contribution in [2.75, 3.05) is 33.2 Å². The molecule has 0 radical (unpaired) electrons. The van der Waals surface area contributed by atoms with E-state index in [4.69, 9.17) is 11.6 Å². The molecule has 1 aliphatic heterocycles. The molecule has 0 saturated carbocycles. The van der Waals surface area contributed by atoms with Crippen LogP contribution in [-0.2, 0) is 0 Å². The average molecular weight is 465 g/mol. The number of nitrogens with one attached hydrogen (secondary N) is 2. The molecule has 1 fully saturated rings. The minimum Gasteiger partial charge on any atom is -0.354 e. The molecule has 24 heavy (non-hydrogen) atoms. The summed E-state index contributed by atoms with van der Waals surface area (Å²) in [5, 5.41) is 6.64. The van der Waals surface area contributed by atoms with Gasteiger partial charge in [0.05, 0.1) is 10.6 Å². The molecule has 1 aliphatic rings. The van der Waals surface area contributed by atoms with Gasteiger partial charge in [-0.2, -0.15) is 0 Å². The maximum Gasteiger partial charge on any atom is 0.252 e. The van der Waals surface area contributed by atoms with E-state index in [1.807, 2.05) is 6.07 Å². The van der Waals surface area contributed by atoms with Gasteiger partial charge in [0.1, 0.15) is 0 Å². The molecule has 0 bridgehead atoms. The van der Waals surface area contributed by atoms with Crippen molar-refractivity contribution in [3.8, 4) is 0 Å². The van der Waals surface area contributed by atoms with Crippen molar-refractivity contribution < 1.29 is 4.79 Å². The maximum atomic E-state index is 12.1. The summed E-state index contributed by atoms with van der Waals surface area (Å²) in [7, 11) is 1.79. The van der Waals surface area contributed by atoms with Gasteiger partial charge in [-0.25, -0.2) is 0 Å². The van der Waals surface area contributed by atoms with Gasteiger partial charge in [-0.3, -0.25) is 9.79 Å². The quantitative estimate of drug-likeness (QED) is 0.312. The van der Waals surface area contributed by atoms with Crippen LogP contribution < -0.4 is 10.6 Å². The van der Waals surface area contributed by atoms with Crippen LogP contribution in [0.5, 0.6) is 0 Å². The molecule has 1 saturated heterocycles. The topological polar surface area (TPSA) is 56.7 Å². The summed E-state index contributed by atoms with van der Waals surface area (Å²) < 4.78 is 0. The fourth-order valence-electron chi connectivity index (χ4n) is 2.64. The monoisotopic (exact) mass is 464 g/mol. The summed E-state index contributed by atoms with van der Waals surface area (Å²) in [6.07, 6.45) is 2.40. The predicted octanol–water partition coefficient (Wildman–Crippen LogP) is 3.00. The van der Waals surface area contributed by atoms with Crippen molar-refractivity contribution in [3.05, 3.63) is 34.9 Å². The largest absolute Gasteiger partial charge is 0.354 e. The fourth-order valence-corrected chi connectivity index (χ4v) is 2.87. The van der Waals surface area contributed by atoms with E-state index in [2.05, 4.69) is 27.4 Å². The molecule has 0 aliphatic carbocycles. The summed E-state index contributed by atoms with van der Waals surface area (Å²) in [5.74, 6) is 1.54. The highest BCUT2D eigenvalue weighted by atomic mass is 127. The number of carbonyl (C=O) groups excluding carboxylic acids is 1. The van der Waals surface area contributed by atoms with Crippen LogP contribution in [0.15, 0.2) is 29.3 Å². The summed E-state index contributed by atoms with van der Waals surface area (Å²) in [6, 6.07) is 7.05. The van der Waals surface area contributed by atoms with Gasteiger partial charge in [0.15, 0.2) is 5.96 Å². The Kier molecular flexibility index (Phi) is 9.43. The number of likely N-dealkylation sites (tertiary alicyclic amines) is 1. The van der Waals surface area contributed by atoms with E-state index in [0.29, 0.717) is 23.7 Å². The summed E-state index contributed by atoms with van der Waals surface area (Å²) in [6.45, 7) is 5.51. The van der Waals surface area contributed by atoms with Gasteiger partial charge in [-0.1, -0.05) is 30.7 Å². The molecule has 5 nitrogen and oxygen atoms in total. The van der Waals surface area contributed by atoms with Crippen molar-refractivity contribution in [2.45, 2.75) is 19.8 Å². The molecular weight excluding hydrogens is 439 g/mol. The zero-order chi connectivity index (χ0) is 16.7. The van der Waals surface area contributed by atoms with Gasteiger partial charge in [-0.15, -0.1) is 24.0 Å². The molecule has 1 amide bonds. The molecule has 0 unspecified atom stereocenters. The van der Waals surface area contributed by atoms with Crippen LogP contribution in [-0.4, -0.2) is 50.0 Å². The summed E-state index contributed by atoms with van der Waals surface area (Å²) >= 11 is 6.02. The van der Waals surface area contributed by atoms with Gasteiger partial charge in [0, 0.05) is 33.2 Å². The lowest BCUT2D eigenvalue weighted by molar-refractivity contribution is 0.0954. The average Bonchev–Trinajstić information content (AvgIpc) is 2.56. The molecule has 0 aromatic heterocycles. The van der Waals surface area contributed by atoms with Crippen LogP contribution in [0, 0.1) is 5.92 Å². The lowest BCUT2D eigenvalue weighted by atomic mass is 10.00. The minimum atomic E-state index is -0.154. The Hall–Kier alpha value is -1.02. The zero-order valence-electron chi connectivity index (χ0n) is 14.2. The maximum absolute atomic E-state index is 12.1. The van der Waals surface area contributed by atoms with E-state index >= 15 is 0 Å². The number of guanidine groups is 1. The van der Waals surface area contributed by atoms with Crippen molar-refractivity contribution in [2.24, 2.45) is 10.9 Å². The molecule has 2 N–H and O–H groups in total. The van der Waals surface area contributed by atoms with Crippen LogP contribution in [0.3, 0.4) is 0 Å². The Morgan fingerprint density at radius 1 is 1.25 bits per heavy atom. The highest BCUT2D eigenvalue weighted by molar-refractivity contribution is 14.0. The molecule has 0 atom stereocenters. The molecule has 7 heteroatoms. The van der Waals surface area contributed by atoms with E-state index in [9.17, 15) is 4.79 Å².